The van der Waals surface area contributed by atoms with Crippen molar-refractivity contribution in [3.05, 3.63) is 0 Å². The average molecular weight is 199 g/mol. The number of thiol groups is 1. The Morgan fingerprint density at radius 1 is 1.23 bits per heavy atom. The first-order valence-electron chi connectivity index (χ1n) is 5.07. The number of guanidine groups is 1. The molecule has 2 rings (SSSR count). The monoisotopic (exact) mass is 199 g/mol. The van der Waals surface area contributed by atoms with E-state index < -0.39 is 0 Å². The van der Waals surface area contributed by atoms with Crippen LogP contribution in [-0.2, 0) is 0 Å². The molecule has 0 bridgehead atoms. The Bertz CT molecular complexity index is 203. The van der Waals surface area contributed by atoms with Crippen LogP contribution in [0.25, 0.3) is 0 Å². The van der Waals surface area contributed by atoms with Crippen LogP contribution in [0.3, 0.4) is 0 Å². The molecule has 0 amide bonds. The van der Waals surface area contributed by atoms with Gasteiger partial charge < -0.3 is 9.80 Å². The summed E-state index contributed by atoms with van der Waals surface area (Å²) in [4.78, 5) is 9.37. The fraction of sp³-hybridized carbons (Fsp3) is 0.889. The zero-order valence-electron chi connectivity index (χ0n) is 7.95. The Morgan fingerprint density at radius 3 is 2.92 bits per heavy atom. The van der Waals surface area contributed by atoms with Gasteiger partial charge in [0.05, 0.1) is 0 Å². The molecule has 0 aromatic carbocycles. The second-order valence-electron chi connectivity index (χ2n) is 3.59. The first-order valence-corrected chi connectivity index (χ1v) is 5.70. The fourth-order valence-electron chi connectivity index (χ4n) is 2.04. The number of fused-ring (bicyclic) bond motifs is 1. The van der Waals surface area contributed by atoms with E-state index in [1.165, 1.54) is 31.9 Å². The normalized spacial score (nSPS) is 22.7. The van der Waals surface area contributed by atoms with Crippen LogP contribution >= 0.6 is 12.6 Å². The zero-order chi connectivity index (χ0) is 9.10. The van der Waals surface area contributed by atoms with Crippen LogP contribution < -0.4 is 0 Å². The average Bonchev–Trinajstić information content (AvgIpc) is 2.19. The number of hydrogen-bond acceptors (Lipinski definition) is 4. The molecule has 0 radical (unpaired) electrons. The van der Waals surface area contributed by atoms with Crippen molar-refractivity contribution in [3.8, 4) is 0 Å². The molecule has 2 aliphatic heterocycles. The molecule has 0 aliphatic carbocycles. The third-order valence-electron chi connectivity index (χ3n) is 2.63. The van der Waals surface area contributed by atoms with Gasteiger partial charge in [0.1, 0.15) is 0 Å². The SMILES string of the molecule is SCCN1CCCN2CCCN=C12. The predicted molar refractivity (Wildman–Crippen MR) is 58.5 cm³/mol. The van der Waals surface area contributed by atoms with Crippen LogP contribution in [-0.4, -0.2) is 54.2 Å². The van der Waals surface area contributed by atoms with Gasteiger partial charge in [-0.25, -0.2) is 0 Å². The Hall–Kier alpha value is -0.380. The van der Waals surface area contributed by atoms with E-state index >= 15 is 0 Å². The number of hydrogen-bond donors (Lipinski definition) is 1. The molecule has 4 heteroatoms. The van der Waals surface area contributed by atoms with E-state index in [1.54, 1.807) is 0 Å². The van der Waals surface area contributed by atoms with Gasteiger partial charge in [-0.05, 0) is 12.8 Å². The lowest BCUT2D eigenvalue weighted by Gasteiger charge is -2.40. The van der Waals surface area contributed by atoms with Gasteiger partial charge in [-0.1, -0.05) is 0 Å². The molecule has 0 atom stereocenters. The molecule has 0 aromatic rings. The number of rotatable bonds is 2. The van der Waals surface area contributed by atoms with Crippen molar-refractivity contribution in [2.24, 2.45) is 4.99 Å². The number of nitrogens with zero attached hydrogens (tertiary/aromatic N) is 3. The van der Waals surface area contributed by atoms with Crippen molar-refractivity contribution in [1.82, 2.24) is 9.80 Å². The highest BCUT2D eigenvalue weighted by Crippen LogP contribution is 2.13. The minimum absolute atomic E-state index is 0.923. The van der Waals surface area contributed by atoms with Crippen molar-refractivity contribution in [1.29, 1.82) is 0 Å². The van der Waals surface area contributed by atoms with E-state index in [0.29, 0.717) is 0 Å². The lowest BCUT2D eigenvalue weighted by molar-refractivity contribution is 0.251. The molecule has 0 aromatic heterocycles. The lowest BCUT2D eigenvalue weighted by atomic mass is 10.2. The Balaban J connectivity index is 2.05. The first kappa shape index (κ1) is 9.19. The minimum atomic E-state index is 0.923. The molecule has 0 N–H and O–H groups in total. The largest absolute Gasteiger partial charge is 0.343 e. The molecule has 2 aliphatic rings. The van der Waals surface area contributed by atoms with E-state index in [0.717, 1.165) is 25.4 Å². The summed E-state index contributed by atoms with van der Waals surface area (Å²) in [6.45, 7) is 5.60. The van der Waals surface area contributed by atoms with Gasteiger partial charge in [0.15, 0.2) is 5.96 Å². The fourth-order valence-corrected chi connectivity index (χ4v) is 2.28. The van der Waals surface area contributed by atoms with E-state index in [2.05, 4.69) is 27.4 Å². The van der Waals surface area contributed by atoms with Crippen LogP contribution in [0.5, 0.6) is 0 Å². The molecule has 13 heavy (non-hydrogen) atoms. The molecule has 2 heterocycles. The van der Waals surface area contributed by atoms with E-state index in [-0.39, 0.29) is 0 Å². The maximum Gasteiger partial charge on any atom is 0.196 e. The third kappa shape index (κ3) is 1.93. The van der Waals surface area contributed by atoms with Gasteiger partial charge in [-0.2, -0.15) is 12.6 Å². The van der Waals surface area contributed by atoms with E-state index in [1.807, 2.05) is 0 Å². The summed E-state index contributed by atoms with van der Waals surface area (Å²) in [6, 6.07) is 0. The van der Waals surface area contributed by atoms with Crippen LogP contribution in [0, 0.1) is 0 Å². The Labute approximate surface area is 85.2 Å². The van der Waals surface area contributed by atoms with E-state index in [9.17, 15) is 0 Å². The summed E-state index contributed by atoms with van der Waals surface area (Å²) in [5.74, 6) is 2.15. The first-order chi connectivity index (χ1) is 6.42. The van der Waals surface area contributed by atoms with Crippen LogP contribution in [0.4, 0.5) is 0 Å². The molecule has 1 saturated heterocycles. The minimum Gasteiger partial charge on any atom is -0.343 e. The van der Waals surface area contributed by atoms with Crippen LogP contribution in [0.2, 0.25) is 0 Å². The van der Waals surface area contributed by atoms with Crippen molar-refractivity contribution in [2.75, 3.05) is 38.5 Å². The van der Waals surface area contributed by atoms with Gasteiger partial charge >= 0.3 is 0 Å². The second-order valence-corrected chi connectivity index (χ2v) is 4.03. The van der Waals surface area contributed by atoms with Gasteiger partial charge in [0, 0.05) is 38.5 Å². The topological polar surface area (TPSA) is 18.8 Å². The van der Waals surface area contributed by atoms with Crippen molar-refractivity contribution in [2.45, 2.75) is 12.8 Å². The van der Waals surface area contributed by atoms with Crippen molar-refractivity contribution >= 4 is 18.6 Å². The summed E-state index contributed by atoms with van der Waals surface area (Å²) in [5.41, 5.74) is 0. The van der Waals surface area contributed by atoms with Gasteiger partial charge in [-0.3, -0.25) is 4.99 Å². The standard InChI is InChI=1S/C9H17N3S/c13-8-7-12-6-2-5-11-4-1-3-10-9(11)12/h13H,1-8H2. The molecule has 0 spiro atoms. The Morgan fingerprint density at radius 2 is 2.08 bits per heavy atom. The smallest absolute Gasteiger partial charge is 0.196 e. The highest BCUT2D eigenvalue weighted by Gasteiger charge is 2.24. The highest BCUT2D eigenvalue weighted by molar-refractivity contribution is 7.80. The maximum absolute atomic E-state index is 4.59. The van der Waals surface area contributed by atoms with Gasteiger partial charge in [0.2, 0.25) is 0 Å². The summed E-state index contributed by atoms with van der Waals surface area (Å²) in [6.07, 6.45) is 2.49. The molecular formula is C9H17N3S. The third-order valence-corrected chi connectivity index (χ3v) is 2.83. The summed E-state index contributed by atoms with van der Waals surface area (Å²) in [7, 11) is 0. The number of aliphatic imine (C=N–C) groups is 1. The Kier molecular flexibility index (Phi) is 2.98. The second kappa shape index (κ2) is 4.22. The molecule has 0 saturated carbocycles. The molecule has 0 unspecified atom stereocenters. The maximum atomic E-state index is 4.59. The zero-order valence-corrected chi connectivity index (χ0v) is 8.84. The quantitative estimate of drug-likeness (QED) is 0.660. The molecular weight excluding hydrogens is 182 g/mol. The van der Waals surface area contributed by atoms with Crippen LogP contribution in [0.1, 0.15) is 12.8 Å². The summed E-state index contributed by atoms with van der Waals surface area (Å²) < 4.78 is 0. The van der Waals surface area contributed by atoms with E-state index in [4.69, 9.17) is 0 Å². The predicted octanol–water partition coefficient (Wildman–Crippen LogP) is 0.684. The molecule has 1 fully saturated rings. The van der Waals surface area contributed by atoms with Crippen LogP contribution in [0.15, 0.2) is 4.99 Å². The van der Waals surface area contributed by atoms with Gasteiger partial charge in [-0.15, -0.1) is 0 Å². The van der Waals surface area contributed by atoms with Gasteiger partial charge in [0.25, 0.3) is 0 Å². The molecule has 3 nitrogen and oxygen atoms in total. The summed E-state index contributed by atoms with van der Waals surface area (Å²) in [5, 5.41) is 0. The van der Waals surface area contributed by atoms with Crippen molar-refractivity contribution in [3.63, 3.8) is 0 Å². The lowest BCUT2D eigenvalue weighted by Crippen LogP contribution is -2.52. The van der Waals surface area contributed by atoms with Crippen molar-refractivity contribution < 1.29 is 0 Å². The highest BCUT2D eigenvalue weighted by atomic mass is 32.1. The summed E-state index contributed by atoms with van der Waals surface area (Å²) >= 11 is 4.27. The molecule has 74 valence electrons.